The van der Waals surface area contributed by atoms with Gasteiger partial charge in [-0.15, -0.1) is 10.2 Å². The maximum Gasteiger partial charge on any atom is 0.258 e. The van der Waals surface area contributed by atoms with Crippen LogP contribution in [0.1, 0.15) is 10.6 Å². The maximum atomic E-state index is 11.5. The summed E-state index contributed by atoms with van der Waals surface area (Å²) in [6, 6.07) is 7.79. The Morgan fingerprint density at radius 1 is 1.07 bits per heavy atom. The van der Waals surface area contributed by atoms with Gasteiger partial charge in [0.05, 0.1) is 44.0 Å². The molecule has 30 heavy (non-hydrogen) atoms. The van der Waals surface area contributed by atoms with Crippen molar-refractivity contribution in [2.75, 3.05) is 26.4 Å². The minimum absolute atomic E-state index is 0.153. The predicted octanol–water partition coefficient (Wildman–Crippen LogP) is 1.04. The summed E-state index contributed by atoms with van der Waals surface area (Å²) >= 11 is 3.18. The quantitative estimate of drug-likeness (QED) is 0.251. The van der Waals surface area contributed by atoms with Crippen molar-refractivity contribution < 1.29 is 22.6 Å². The fourth-order valence-corrected chi connectivity index (χ4v) is 4.23. The number of primary sulfonamides is 1. The first-order chi connectivity index (χ1) is 14.4. The average Bonchev–Trinajstić information content (AvgIpc) is 3.35. The fourth-order valence-electron chi connectivity index (χ4n) is 2.29. The second kappa shape index (κ2) is 11.1. The van der Waals surface area contributed by atoms with E-state index in [2.05, 4.69) is 42.5 Å². The molecular weight excluding hydrogens is 547 g/mol. The lowest BCUT2D eigenvalue weighted by atomic mass is 10.3. The van der Waals surface area contributed by atoms with Gasteiger partial charge in [0.25, 0.3) is 10.0 Å². The second-order valence-electron chi connectivity index (χ2n) is 5.92. The lowest BCUT2D eigenvalue weighted by Gasteiger charge is -2.07. The maximum absolute atomic E-state index is 11.5. The number of aromatic nitrogens is 5. The molecule has 2 heterocycles. The molecule has 0 fully saturated rings. The molecule has 0 saturated heterocycles. The number of nitrogens with two attached hydrogens (primary N) is 1. The first kappa shape index (κ1) is 23.0. The van der Waals surface area contributed by atoms with E-state index in [0.717, 1.165) is 20.9 Å². The molecule has 0 unspecified atom stereocenters. The van der Waals surface area contributed by atoms with Crippen molar-refractivity contribution in [3.8, 4) is 5.75 Å². The Morgan fingerprint density at radius 2 is 1.80 bits per heavy atom. The average molecular weight is 566 g/mol. The smallest absolute Gasteiger partial charge is 0.258 e. The van der Waals surface area contributed by atoms with E-state index < -0.39 is 10.0 Å². The zero-order chi connectivity index (χ0) is 21.4. The molecule has 0 radical (unpaired) electrons. The number of hydrogen-bond acceptors (Lipinski definition) is 10. The van der Waals surface area contributed by atoms with Crippen molar-refractivity contribution in [3.05, 3.63) is 44.6 Å². The number of rotatable bonds is 12. The molecule has 2 aromatic heterocycles. The molecule has 3 aromatic rings. The topological polar surface area (TPSA) is 144 Å². The monoisotopic (exact) mass is 566 g/mol. The Hall–Kier alpha value is -1.72. The van der Waals surface area contributed by atoms with Crippen LogP contribution in [0.3, 0.4) is 0 Å². The number of nitrogens with zero attached hydrogens (tertiary/aromatic N) is 5. The van der Waals surface area contributed by atoms with Gasteiger partial charge in [0.1, 0.15) is 18.1 Å². The summed E-state index contributed by atoms with van der Waals surface area (Å²) in [5.74, 6) is 0.809. The van der Waals surface area contributed by atoms with Gasteiger partial charge in [0, 0.05) is 3.57 Å². The standard InChI is InChI=1S/C16H19IN6O5S2/c17-12-1-3-14(4-2-12)28-8-7-26-5-6-27-11-13-9-23(21-19-13)10-15-16(20-22-29-15)30(18,24)25/h1-4,9H,5-8,10-11H2,(H2,18,24,25). The minimum Gasteiger partial charge on any atom is -0.491 e. The van der Waals surface area contributed by atoms with Crippen LogP contribution >= 0.6 is 34.1 Å². The van der Waals surface area contributed by atoms with Crippen LogP contribution in [-0.2, 0) is 32.6 Å². The Bertz CT molecular complexity index is 1040. The summed E-state index contributed by atoms with van der Waals surface area (Å²) in [5.41, 5.74) is 0.603. The van der Waals surface area contributed by atoms with E-state index in [-0.39, 0.29) is 18.2 Å². The highest BCUT2D eigenvalue weighted by molar-refractivity contribution is 14.1. The molecule has 0 aliphatic heterocycles. The largest absolute Gasteiger partial charge is 0.491 e. The zero-order valence-electron chi connectivity index (χ0n) is 15.7. The van der Waals surface area contributed by atoms with E-state index in [4.69, 9.17) is 19.3 Å². The van der Waals surface area contributed by atoms with Crippen LogP contribution in [0, 0.1) is 3.57 Å². The van der Waals surface area contributed by atoms with Crippen LogP contribution in [-0.4, -0.2) is 59.4 Å². The summed E-state index contributed by atoms with van der Waals surface area (Å²) < 4.78 is 45.7. The third-order valence-electron chi connectivity index (χ3n) is 3.61. The number of hydrogen-bond donors (Lipinski definition) is 1. The Kier molecular flexibility index (Phi) is 8.46. The normalized spacial score (nSPS) is 11.7. The molecule has 2 N–H and O–H groups in total. The van der Waals surface area contributed by atoms with Crippen LogP contribution in [0.2, 0.25) is 0 Å². The van der Waals surface area contributed by atoms with Gasteiger partial charge < -0.3 is 14.2 Å². The molecular formula is C16H19IN6O5S2. The number of sulfonamides is 1. The molecule has 0 spiro atoms. The molecule has 0 aliphatic carbocycles. The summed E-state index contributed by atoms with van der Waals surface area (Å²) in [6.45, 7) is 2.15. The number of benzene rings is 1. The van der Waals surface area contributed by atoms with Gasteiger partial charge in [-0.3, -0.25) is 0 Å². The van der Waals surface area contributed by atoms with Crippen molar-refractivity contribution >= 4 is 44.1 Å². The van der Waals surface area contributed by atoms with Gasteiger partial charge in [-0.25, -0.2) is 18.2 Å². The lowest BCUT2D eigenvalue weighted by molar-refractivity contribution is 0.0294. The molecule has 162 valence electrons. The molecule has 1 aromatic carbocycles. The summed E-state index contributed by atoms with van der Waals surface area (Å²) in [7, 11) is -3.92. The first-order valence-electron chi connectivity index (χ1n) is 8.69. The highest BCUT2D eigenvalue weighted by Crippen LogP contribution is 2.16. The summed E-state index contributed by atoms with van der Waals surface area (Å²) in [4.78, 5) is 0.385. The molecule has 0 amide bonds. The minimum atomic E-state index is -3.92. The van der Waals surface area contributed by atoms with E-state index in [1.165, 1.54) is 4.68 Å². The van der Waals surface area contributed by atoms with Crippen molar-refractivity contribution in [1.29, 1.82) is 0 Å². The number of ether oxygens (including phenoxy) is 3. The van der Waals surface area contributed by atoms with Crippen molar-refractivity contribution in [1.82, 2.24) is 24.6 Å². The SMILES string of the molecule is NS(=O)(=O)c1nnsc1Cn1cc(COCCOCCOc2ccc(I)cc2)nn1. The van der Waals surface area contributed by atoms with E-state index in [0.29, 0.717) is 37.0 Å². The Labute approximate surface area is 190 Å². The predicted molar refractivity (Wildman–Crippen MR) is 116 cm³/mol. The van der Waals surface area contributed by atoms with E-state index in [9.17, 15) is 8.42 Å². The van der Waals surface area contributed by atoms with Gasteiger partial charge in [-0.1, -0.05) is 9.70 Å². The van der Waals surface area contributed by atoms with Gasteiger partial charge in [0.2, 0.25) is 5.03 Å². The van der Waals surface area contributed by atoms with Crippen molar-refractivity contribution in [2.45, 2.75) is 18.2 Å². The summed E-state index contributed by atoms with van der Waals surface area (Å²) in [5, 5.41) is 16.3. The van der Waals surface area contributed by atoms with Crippen LogP contribution in [0.4, 0.5) is 0 Å². The van der Waals surface area contributed by atoms with Gasteiger partial charge in [-0.2, -0.15) is 0 Å². The third-order valence-corrected chi connectivity index (χ3v) is 6.04. The van der Waals surface area contributed by atoms with Gasteiger partial charge >= 0.3 is 0 Å². The molecule has 0 bridgehead atoms. The van der Waals surface area contributed by atoms with Crippen LogP contribution in [0.25, 0.3) is 0 Å². The first-order valence-corrected chi connectivity index (χ1v) is 12.1. The molecule has 14 heteroatoms. The van der Waals surface area contributed by atoms with E-state index in [1.54, 1.807) is 6.20 Å². The molecule has 3 rings (SSSR count). The molecule has 0 saturated carbocycles. The highest BCUT2D eigenvalue weighted by Gasteiger charge is 2.19. The molecule has 0 aliphatic rings. The molecule has 11 nitrogen and oxygen atoms in total. The third kappa shape index (κ3) is 7.21. The van der Waals surface area contributed by atoms with Crippen molar-refractivity contribution in [2.24, 2.45) is 5.14 Å². The van der Waals surface area contributed by atoms with Crippen LogP contribution < -0.4 is 9.88 Å². The zero-order valence-corrected chi connectivity index (χ0v) is 19.5. The van der Waals surface area contributed by atoms with Gasteiger partial charge in [-0.05, 0) is 58.4 Å². The van der Waals surface area contributed by atoms with E-state index in [1.807, 2.05) is 24.3 Å². The van der Waals surface area contributed by atoms with Crippen LogP contribution in [0.5, 0.6) is 5.75 Å². The van der Waals surface area contributed by atoms with Crippen molar-refractivity contribution in [3.63, 3.8) is 0 Å². The lowest BCUT2D eigenvalue weighted by Crippen LogP contribution is -2.15. The van der Waals surface area contributed by atoms with Crippen LogP contribution in [0.15, 0.2) is 35.5 Å². The number of halogens is 1. The Balaban J connectivity index is 1.30. The second-order valence-corrected chi connectivity index (χ2v) is 9.48. The summed E-state index contributed by atoms with van der Waals surface area (Å²) in [6.07, 6.45) is 1.66. The highest BCUT2D eigenvalue weighted by atomic mass is 127. The van der Waals surface area contributed by atoms with Gasteiger partial charge in [0.15, 0.2) is 0 Å². The fraction of sp³-hybridized carbons (Fsp3) is 0.375. The van der Waals surface area contributed by atoms with E-state index >= 15 is 0 Å². The molecule has 0 atom stereocenters. The Morgan fingerprint density at radius 3 is 2.57 bits per heavy atom.